The first-order valence-corrected chi connectivity index (χ1v) is 11.1. The summed E-state index contributed by atoms with van der Waals surface area (Å²) < 4.78 is 14.4. The van der Waals surface area contributed by atoms with E-state index in [0.717, 1.165) is 5.56 Å². The first kappa shape index (κ1) is 21.2. The molecule has 2 aromatic rings. The Hall–Kier alpha value is -2.70. The second-order valence-corrected chi connectivity index (χ2v) is 9.35. The third-order valence-electron chi connectivity index (χ3n) is 6.76. The molecular weight excluding hydrogens is 452 g/mol. The molecule has 5 atom stereocenters. The minimum atomic E-state index is -1.28. The maximum atomic E-state index is 14.4. The highest BCUT2D eigenvalue weighted by Gasteiger charge is 2.65. The number of hydrogen-bond acceptors (Lipinski definition) is 3. The topological polar surface area (TPSA) is 70.6 Å². The molecule has 32 heavy (non-hydrogen) atoms. The molecule has 2 amide bonds. The van der Waals surface area contributed by atoms with E-state index in [1.54, 1.807) is 36.6 Å². The van der Waals surface area contributed by atoms with Gasteiger partial charge in [0.1, 0.15) is 16.6 Å². The predicted molar refractivity (Wildman–Crippen MR) is 123 cm³/mol. The molecule has 1 spiro atoms. The van der Waals surface area contributed by atoms with Gasteiger partial charge in [0.2, 0.25) is 11.8 Å². The Morgan fingerprint density at radius 3 is 2.75 bits per heavy atom. The molecule has 0 bridgehead atoms. The van der Waals surface area contributed by atoms with Crippen LogP contribution in [-0.2, 0) is 15.0 Å². The zero-order chi connectivity index (χ0) is 22.6. The minimum absolute atomic E-state index is 0.266. The zero-order valence-corrected chi connectivity index (χ0v) is 18.6. The van der Waals surface area contributed by atoms with Crippen LogP contribution in [0.15, 0.2) is 53.5 Å². The van der Waals surface area contributed by atoms with E-state index < -0.39 is 34.5 Å². The van der Waals surface area contributed by atoms with Crippen LogP contribution in [0.4, 0.5) is 10.1 Å². The molecule has 3 heterocycles. The molecule has 1 unspecified atom stereocenters. The van der Waals surface area contributed by atoms with Crippen LogP contribution in [-0.4, -0.2) is 30.0 Å². The fourth-order valence-electron chi connectivity index (χ4n) is 5.40. The molecule has 3 aliphatic heterocycles. The molecule has 2 N–H and O–H groups in total. The second-order valence-electron chi connectivity index (χ2n) is 8.45. The van der Waals surface area contributed by atoms with Crippen molar-refractivity contribution in [3.05, 3.63) is 76.1 Å². The molecule has 0 radical (unpaired) electrons. The van der Waals surface area contributed by atoms with Gasteiger partial charge in [0.15, 0.2) is 0 Å². The first-order valence-electron chi connectivity index (χ1n) is 10.3. The number of carbonyl (C=O) groups is 2. The average molecular weight is 472 g/mol. The quantitative estimate of drug-likeness (QED) is 0.639. The number of anilines is 1. The van der Waals surface area contributed by atoms with Gasteiger partial charge in [-0.2, -0.15) is 0 Å². The summed E-state index contributed by atoms with van der Waals surface area (Å²) in [6, 6.07) is 8.75. The van der Waals surface area contributed by atoms with Crippen LogP contribution in [0.25, 0.3) is 0 Å². The van der Waals surface area contributed by atoms with Crippen molar-refractivity contribution in [2.24, 2.45) is 16.8 Å². The van der Waals surface area contributed by atoms with Crippen molar-refractivity contribution in [2.75, 3.05) is 11.9 Å². The number of alkyl halides is 1. The molecule has 3 aliphatic rings. The second kappa shape index (κ2) is 7.71. The van der Waals surface area contributed by atoms with Gasteiger partial charge in [0.25, 0.3) is 0 Å². The summed E-state index contributed by atoms with van der Waals surface area (Å²) in [5.74, 6) is -2.04. The Morgan fingerprint density at radius 2 is 2.00 bits per heavy atom. The van der Waals surface area contributed by atoms with Crippen LogP contribution in [0.1, 0.15) is 22.7 Å². The van der Waals surface area contributed by atoms with Crippen molar-refractivity contribution in [3.8, 4) is 0 Å². The number of fused-ring (bicyclic) bond motifs is 2. The van der Waals surface area contributed by atoms with Gasteiger partial charge in [-0.3, -0.25) is 14.6 Å². The number of amides is 2. The third-order valence-corrected chi connectivity index (χ3v) is 7.47. The molecule has 0 saturated carbocycles. The fourth-order valence-corrected chi connectivity index (χ4v) is 6.02. The summed E-state index contributed by atoms with van der Waals surface area (Å²) in [6.45, 7) is 2.22. The molecule has 5 nitrogen and oxygen atoms in total. The monoisotopic (exact) mass is 471 g/mol. The third kappa shape index (κ3) is 3.00. The average Bonchev–Trinajstić information content (AvgIpc) is 3.05. The molecule has 1 saturated heterocycles. The Bertz CT molecular complexity index is 1200. The number of carbonyl (C=O) groups excluding carboxylic acids is 2. The highest BCUT2D eigenvalue weighted by molar-refractivity contribution is 6.32. The van der Waals surface area contributed by atoms with E-state index in [1.165, 1.54) is 12.1 Å². The molecule has 164 valence electrons. The Balaban J connectivity index is 1.81. The van der Waals surface area contributed by atoms with E-state index in [-0.39, 0.29) is 11.8 Å². The Morgan fingerprint density at radius 1 is 1.19 bits per heavy atom. The zero-order valence-electron chi connectivity index (χ0n) is 17.1. The molecule has 1 fully saturated rings. The fraction of sp³-hybridized carbons (Fsp3) is 0.292. The van der Waals surface area contributed by atoms with Gasteiger partial charge in [0, 0.05) is 35.3 Å². The largest absolute Gasteiger partial charge is 0.347 e. The number of rotatable bonds is 2. The molecule has 5 rings (SSSR count). The predicted octanol–water partition coefficient (Wildman–Crippen LogP) is 4.33. The van der Waals surface area contributed by atoms with Crippen molar-refractivity contribution in [1.82, 2.24) is 5.32 Å². The number of nitrogens with one attached hydrogen (secondary N) is 2. The van der Waals surface area contributed by atoms with Gasteiger partial charge in [-0.1, -0.05) is 29.8 Å². The molecule has 0 aliphatic carbocycles. The minimum Gasteiger partial charge on any atom is -0.347 e. The van der Waals surface area contributed by atoms with Crippen molar-refractivity contribution in [1.29, 1.82) is 0 Å². The lowest BCUT2D eigenvalue weighted by Crippen LogP contribution is -2.64. The van der Waals surface area contributed by atoms with Crippen molar-refractivity contribution >= 4 is 46.9 Å². The van der Waals surface area contributed by atoms with Gasteiger partial charge in [0.05, 0.1) is 6.04 Å². The maximum absolute atomic E-state index is 14.4. The summed E-state index contributed by atoms with van der Waals surface area (Å²) in [5.41, 5.74) is 1.26. The Kier molecular flexibility index (Phi) is 5.10. The van der Waals surface area contributed by atoms with E-state index >= 15 is 0 Å². The SMILES string of the molecule is Cc1ccc(F)cc1[C@@H]1NC(=O)[C@@H](Cl)[C@@H](C2C=CC=NC2)[C@]12C(=O)Nc1cc(Cl)ccc12. The molecule has 2 aromatic carbocycles. The Labute approximate surface area is 194 Å². The van der Waals surface area contributed by atoms with Crippen LogP contribution < -0.4 is 10.6 Å². The standard InChI is InChI=1S/C24H20Cl2FN3O2/c1-12-4-6-15(27)10-16(12)21-24(17-7-5-14(25)9-18(17)29-23(24)32)19(20(26)22(31)30-21)13-3-2-8-28-11-13/h2-10,13,19-21H,11H2,1H3,(H,29,32)(H,30,31)/t13?,19-,20+,21+,24+/m1/s1. The van der Waals surface area contributed by atoms with Gasteiger partial charge < -0.3 is 10.6 Å². The number of aliphatic imine (C=N–C) groups is 1. The van der Waals surface area contributed by atoms with Gasteiger partial charge in [-0.15, -0.1) is 11.6 Å². The number of hydrogen-bond donors (Lipinski definition) is 2. The van der Waals surface area contributed by atoms with Gasteiger partial charge >= 0.3 is 0 Å². The van der Waals surface area contributed by atoms with Crippen LogP contribution in [0.5, 0.6) is 0 Å². The van der Waals surface area contributed by atoms with Crippen LogP contribution in [0.3, 0.4) is 0 Å². The van der Waals surface area contributed by atoms with Crippen molar-refractivity contribution in [2.45, 2.75) is 23.8 Å². The number of allylic oxidation sites excluding steroid dienone is 1. The maximum Gasteiger partial charge on any atom is 0.238 e. The van der Waals surface area contributed by atoms with E-state index in [4.69, 9.17) is 23.2 Å². The first-order chi connectivity index (χ1) is 15.3. The number of nitrogens with zero attached hydrogens (tertiary/aromatic N) is 1. The molecular formula is C24H20Cl2FN3O2. The van der Waals surface area contributed by atoms with Crippen LogP contribution in [0.2, 0.25) is 5.02 Å². The van der Waals surface area contributed by atoms with E-state index in [9.17, 15) is 14.0 Å². The van der Waals surface area contributed by atoms with Gasteiger partial charge in [-0.05, 0) is 54.0 Å². The smallest absolute Gasteiger partial charge is 0.238 e. The number of piperidine rings is 1. The number of benzene rings is 2. The number of aryl methyl sites for hydroxylation is 1. The van der Waals surface area contributed by atoms with E-state index in [0.29, 0.717) is 28.4 Å². The van der Waals surface area contributed by atoms with E-state index in [2.05, 4.69) is 15.6 Å². The summed E-state index contributed by atoms with van der Waals surface area (Å²) >= 11 is 13.0. The molecule has 0 aromatic heterocycles. The summed E-state index contributed by atoms with van der Waals surface area (Å²) in [5, 5.41) is 5.37. The van der Waals surface area contributed by atoms with Crippen LogP contribution in [0, 0.1) is 24.6 Å². The van der Waals surface area contributed by atoms with E-state index in [1.807, 2.05) is 13.0 Å². The highest BCUT2D eigenvalue weighted by Crippen LogP contribution is 2.57. The normalized spacial score (nSPS) is 30.9. The van der Waals surface area contributed by atoms with Crippen LogP contribution >= 0.6 is 23.2 Å². The summed E-state index contributed by atoms with van der Waals surface area (Å²) in [6.07, 6.45) is 5.42. The van der Waals surface area contributed by atoms with Crippen molar-refractivity contribution < 1.29 is 14.0 Å². The lowest BCUT2D eigenvalue weighted by Gasteiger charge is -2.50. The summed E-state index contributed by atoms with van der Waals surface area (Å²) in [7, 11) is 0. The van der Waals surface area contributed by atoms with Crippen molar-refractivity contribution in [3.63, 3.8) is 0 Å². The molecule has 8 heteroatoms. The van der Waals surface area contributed by atoms with Gasteiger partial charge in [-0.25, -0.2) is 4.39 Å². The lowest BCUT2D eigenvalue weighted by atomic mass is 9.57. The highest BCUT2D eigenvalue weighted by atomic mass is 35.5. The number of halogens is 3. The number of dihydropyridines is 1. The lowest BCUT2D eigenvalue weighted by molar-refractivity contribution is -0.134. The summed E-state index contributed by atoms with van der Waals surface area (Å²) in [4.78, 5) is 31.3.